The molecule has 0 bridgehead atoms. The fourth-order valence-electron chi connectivity index (χ4n) is 2.98. The van der Waals surface area contributed by atoms with E-state index in [-0.39, 0.29) is 0 Å². The quantitative estimate of drug-likeness (QED) is 0.840. The van der Waals surface area contributed by atoms with Crippen LogP contribution in [0.5, 0.6) is 0 Å². The van der Waals surface area contributed by atoms with Crippen LogP contribution in [0, 0.1) is 19.8 Å². The summed E-state index contributed by atoms with van der Waals surface area (Å²) in [5.74, 6) is 0.811. The van der Waals surface area contributed by atoms with Gasteiger partial charge in [0.1, 0.15) is 0 Å². The van der Waals surface area contributed by atoms with Crippen LogP contribution in [-0.2, 0) is 0 Å². The summed E-state index contributed by atoms with van der Waals surface area (Å²) in [5.41, 5.74) is 3.05. The van der Waals surface area contributed by atoms with Crippen molar-refractivity contribution < 1.29 is 0 Å². The van der Waals surface area contributed by atoms with E-state index < -0.39 is 0 Å². The third-order valence-electron chi connectivity index (χ3n) is 3.93. The molecule has 2 rings (SSSR count). The zero-order valence-corrected chi connectivity index (χ0v) is 12.7. The van der Waals surface area contributed by atoms with Gasteiger partial charge in [0.05, 0.1) is 0 Å². The van der Waals surface area contributed by atoms with Crippen LogP contribution in [0.3, 0.4) is 0 Å². The van der Waals surface area contributed by atoms with Crippen LogP contribution in [0.1, 0.15) is 47.4 Å². The van der Waals surface area contributed by atoms with Gasteiger partial charge in [-0.2, -0.15) is 0 Å². The summed E-state index contributed by atoms with van der Waals surface area (Å²) >= 11 is 1.91. The lowest BCUT2D eigenvalue weighted by molar-refractivity contribution is 0.398. The maximum Gasteiger partial charge on any atom is 0.0167 e. The molecule has 100 valence electrons. The van der Waals surface area contributed by atoms with E-state index in [9.17, 15) is 0 Å². The van der Waals surface area contributed by atoms with Crippen LogP contribution in [0.4, 0.5) is 0 Å². The zero-order chi connectivity index (χ0) is 13.0. The molecule has 18 heavy (non-hydrogen) atoms. The second-order valence-electron chi connectivity index (χ2n) is 5.45. The molecule has 0 radical (unpaired) electrons. The molecule has 1 nitrogen and oxygen atoms in total. The van der Waals surface area contributed by atoms with Crippen LogP contribution < -0.4 is 5.32 Å². The fraction of sp³-hybridized carbons (Fsp3) is 0.625. The number of thiophene rings is 1. The highest BCUT2D eigenvalue weighted by atomic mass is 32.1. The Morgan fingerprint density at radius 2 is 2.06 bits per heavy atom. The van der Waals surface area contributed by atoms with Crippen molar-refractivity contribution in [3.8, 4) is 0 Å². The van der Waals surface area contributed by atoms with Crippen molar-refractivity contribution in [1.82, 2.24) is 5.32 Å². The Hall–Kier alpha value is -0.600. The SMILES string of the molecule is CNCC(=Cc1cc(C)sc1C)C1CCCCC1. The van der Waals surface area contributed by atoms with Gasteiger partial charge in [0, 0.05) is 16.3 Å². The third kappa shape index (κ3) is 3.46. The van der Waals surface area contributed by atoms with Crippen molar-refractivity contribution in [3.63, 3.8) is 0 Å². The highest BCUT2D eigenvalue weighted by molar-refractivity contribution is 7.12. The molecular weight excluding hydrogens is 238 g/mol. The van der Waals surface area contributed by atoms with Gasteiger partial charge in [0.2, 0.25) is 0 Å². The van der Waals surface area contributed by atoms with Crippen LogP contribution in [0.15, 0.2) is 11.6 Å². The average Bonchev–Trinajstić information content (AvgIpc) is 2.68. The maximum atomic E-state index is 3.35. The van der Waals surface area contributed by atoms with E-state index in [0.717, 1.165) is 12.5 Å². The van der Waals surface area contributed by atoms with Crippen LogP contribution >= 0.6 is 11.3 Å². The Balaban J connectivity index is 2.20. The standard InChI is InChI=1S/C16H25NS/c1-12-9-15(13(2)18-12)10-16(11-17-3)14-7-5-4-6-8-14/h9-10,14,17H,4-8,11H2,1-3H3. The molecule has 0 amide bonds. The minimum atomic E-state index is 0.811. The predicted molar refractivity (Wildman–Crippen MR) is 82.3 cm³/mol. The Morgan fingerprint density at radius 1 is 1.33 bits per heavy atom. The summed E-state index contributed by atoms with van der Waals surface area (Å²) in [6, 6.07) is 2.33. The first-order chi connectivity index (χ1) is 8.70. The lowest BCUT2D eigenvalue weighted by Crippen LogP contribution is -2.19. The Morgan fingerprint density at radius 3 is 2.61 bits per heavy atom. The van der Waals surface area contributed by atoms with E-state index in [1.54, 1.807) is 5.57 Å². The molecule has 0 atom stereocenters. The van der Waals surface area contributed by atoms with E-state index in [1.165, 1.54) is 47.4 Å². The van der Waals surface area contributed by atoms with Gasteiger partial charge >= 0.3 is 0 Å². The topological polar surface area (TPSA) is 12.0 Å². The van der Waals surface area contributed by atoms with Gasteiger partial charge in [0.25, 0.3) is 0 Å². The molecule has 2 heteroatoms. The van der Waals surface area contributed by atoms with Gasteiger partial charge in [-0.1, -0.05) is 30.9 Å². The van der Waals surface area contributed by atoms with Gasteiger partial charge < -0.3 is 5.32 Å². The Kier molecular flexibility index (Phi) is 5.02. The highest BCUT2D eigenvalue weighted by Gasteiger charge is 2.17. The summed E-state index contributed by atoms with van der Waals surface area (Å²) in [5, 5.41) is 3.35. The number of rotatable bonds is 4. The molecule has 0 aliphatic heterocycles. The van der Waals surface area contributed by atoms with Crippen LogP contribution in [-0.4, -0.2) is 13.6 Å². The van der Waals surface area contributed by atoms with E-state index in [4.69, 9.17) is 0 Å². The molecule has 0 unspecified atom stereocenters. The number of aryl methyl sites for hydroxylation is 2. The van der Waals surface area contributed by atoms with Crippen molar-refractivity contribution >= 4 is 17.4 Å². The second kappa shape index (κ2) is 6.53. The first-order valence-corrected chi connectivity index (χ1v) is 7.94. The van der Waals surface area contributed by atoms with Gasteiger partial charge in [-0.25, -0.2) is 0 Å². The summed E-state index contributed by atoms with van der Waals surface area (Å²) < 4.78 is 0. The van der Waals surface area contributed by atoms with Crippen molar-refractivity contribution in [3.05, 3.63) is 27.0 Å². The van der Waals surface area contributed by atoms with Crippen LogP contribution in [0.2, 0.25) is 0 Å². The molecular formula is C16H25NS. The van der Waals surface area contributed by atoms with Crippen LogP contribution in [0.25, 0.3) is 6.08 Å². The molecule has 0 saturated heterocycles. The van der Waals surface area contributed by atoms with E-state index in [2.05, 4.69) is 38.4 Å². The molecule has 1 N–H and O–H groups in total. The molecule has 1 saturated carbocycles. The molecule has 1 aromatic heterocycles. The fourth-order valence-corrected chi connectivity index (χ4v) is 3.89. The lowest BCUT2D eigenvalue weighted by Gasteiger charge is -2.24. The average molecular weight is 263 g/mol. The maximum absolute atomic E-state index is 3.35. The minimum absolute atomic E-state index is 0.811. The van der Waals surface area contributed by atoms with Gasteiger partial charge in [-0.05, 0) is 51.3 Å². The molecule has 1 aliphatic rings. The monoisotopic (exact) mass is 263 g/mol. The largest absolute Gasteiger partial charge is 0.316 e. The first-order valence-electron chi connectivity index (χ1n) is 7.13. The Labute approximate surface area is 115 Å². The number of nitrogens with one attached hydrogen (secondary N) is 1. The van der Waals surface area contributed by atoms with Crippen molar-refractivity contribution in [1.29, 1.82) is 0 Å². The van der Waals surface area contributed by atoms with Gasteiger partial charge in [-0.15, -0.1) is 11.3 Å². The molecule has 0 aromatic carbocycles. The van der Waals surface area contributed by atoms with Crippen molar-refractivity contribution in [2.75, 3.05) is 13.6 Å². The first kappa shape index (κ1) is 13.8. The second-order valence-corrected chi connectivity index (χ2v) is 6.91. The predicted octanol–water partition coefficient (Wildman–Crippen LogP) is 4.55. The summed E-state index contributed by atoms with van der Waals surface area (Å²) in [4.78, 5) is 2.88. The highest BCUT2D eigenvalue weighted by Crippen LogP contribution is 2.32. The molecule has 1 fully saturated rings. The zero-order valence-electron chi connectivity index (χ0n) is 11.9. The summed E-state index contributed by atoms with van der Waals surface area (Å²) in [7, 11) is 2.06. The molecule has 1 heterocycles. The number of likely N-dealkylation sites (N-methyl/N-ethyl adjacent to an activating group) is 1. The number of hydrogen-bond acceptors (Lipinski definition) is 2. The summed E-state index contributed by atoms with van der Waals surface area (Å²) in [6.45, 7) is 5.48. The van der Waals surface area contributed by atoms with Crippen molar-refractivity contribution in [2.45, 2.75) is 46.0 Å². The smallest absolute Gasteiger partial charge is 0.0167 e. The summed E-state index contributed by atoms with van der Waals surface area (Å²) in [6.07, 6.45) is 9.47. The third-order valence-corrected chi connectivity index (χ3v) is 4.91. The van der Waals surface area contributed by atoms with E-state index in [0.29, 0.717) is 0 Å². The lowest BCUT2D eigenvalue weighted by atomic mass is 9.83. The van der Waals surface area contributed by atoms with Crippen molar-refractivity contribution in [2.24, 2.45) is 5.92 Å². The normalized spacial score (nSPS) is 18.3. The minimum Gasteiger partial charge on any atom is -0.316 e. The van der Waals surface area contributed by atoms with E-state index >= 15 is 0 Å². The van der Waals surface area contributed by atoms with E-state index in [1.807, 2.05) is 11.3 Å². The Bertz CT molecular complexity index is 411. The van der Waals surface area contributed by atoms with Gasteiger partial charge in [0.15, 0.2) is 0 Å². The van der Waals surface area contributed by atoms with Gasteiger partial charge in [-0.3, -0.25) is 0 Å². The molecule has 1 aliphatic carbocycles. The molecule has 0 spiro atoms. The molecule has 1 aromatic rings. The number of hydrogen-bond donors (Lipinski definition) is 1.